The molecule has 0 fully saturated rings. The quantitative estimate of drug-likeness (QED) is 0.179. The molecule has 2 heteroatoms. The number of para-hydroxylation sites is 2. The van der Waals surface area contributed by atoms with E-state index in [0.717, 1.165) is 54.6 Å². The van der Waals surface area contributed by atoms with Crippen LogP contribution in [-0.2, 0) is 0 Å². The Bertz CT molecular complexity index is 3520. The molecule has 0 saturated carbocycles. The van der Waals surface area contributed by atoms with Gasteiger partial charge in [0.1, 0.15) is 22.3 Å². The fourth-order valence-corrected chi connectivity index (χ4v) is 7.64. The molecule has 0 aliphatic rings. The molecule has 0 aliphatic heterocycles. The molecule has 11 rings (SSSR count). The Hall–Kier alpha value is -6.64. The van der Waals surface area contributed by atoms with E-state index < -0.39 is 24.2 Å². The molecule has 0 spiro atoms. The van der Waals surface area contributed by atoms with Crippen molar-refractivity contribution in [3.8, 4) is 33.4 Å². The lowest BCUT2D eigenvalue weighted by molar-refractivity contribution is 0.670. The largest absolute Gasteiger partial charge is 0.455 e. The third kappa shape index (κ3) is 3.90. The van der Waals surface area contributed by atoms with E-state index in [2.05, 4.69) is 24.3 Å². The van der Waals surface area contributed by atoms with Crippen molar-refractivity contribution in [3.63, 3.8) is 0 Å². The van der Waals surface area contributed by atoms with Gasteiger partial charge in [0, 0.05) is 38.1 Å². The first-order chi connectivity index (χ1) is 28.1. The molecule has 232 valence electrons. The van der Waals surface area contributed by atoms with Gasteiger partial charge in [0.25, 0.3) is 0 Å². The molecule has 0 unspecified atom stereocenters. The first-order valence-corrected chi connectivity index (χ1v) is 16.4. The van der Waals surface area contributed by atoms with Gasteiger partial charge in [-0.15, -0.1) is 0 Å². The van der Waals surface area contributed by atoms with Crippen LogP contribution in [0.2, 0.25) is 0 Å². The predicted molar refractivity (Wildman–Crippen MR) is 210 cm³/mol. The van der Waals surface area contributed by atoms with Gasteiger partial charge in [-0.2, -0.15) is 0 Å². The molecule has 0 N–H and O–H groups in total. The highest BCUT2D eigenvalue weighted by Crippen LogP contribution is 2.46. The number of fused-ring (bicyclic) bond motifs is 10. The summed E-state index contributed by atoms with van der Waals surface area (Å²) in [6.07, 6.45) is 0. The molecule has 0 saturated heterocycles. The highest BCUT2D eigenvalue weighted by atomic mass is 16.3. The molecule has 2 heterocycles. The van der Waals surface area contributed by atoms with Gasteiger partial charge in [-0.3, -0.25) is 0 Å². The van der Waals surface area contributed by atoms with Gasteiger partial charge >= 0.3 is 0 Å². The third-order valence-corrected chi connectivity index (χ3v) is 9.92. The average Bonchev–Trinajstić information content (AvgIpc) is 3.84. The maximum atomic E-state index is 9.36. The summed E-state index contributed by atoms with van der Waals surface area (Å²) in [7, 11) is 0. The van der Waals surface area contributed by atoms with E-state index in [0.29, 0.717) is 22.3 Å². The molecule has 50 heavy (non-hydrogen) atoms. The SMILES string of the molecule is [2H]c1c([2H])c([2H])c2c(-c3cccc4c3oc3ccccc34)c3c([2H])c([2H])c([2H])c([2H])c3c(-c3ccc(-c4ccc5c(c4)oc4c6ccccc6ccc54)cc3)c2c1[2H]. The van der Waals surface area contributed by atoms with Gasteiger partial charge in [-0.05, 0) is 73.5 Å². The number of hydrogen-bond acceptors (Lipinski definition) is 2. The van der Waals surface area contributed by atoms with Gasteiger partial charge in [-0.25, -0.2) is 0 Å². The second kappa shape index (κ2) is 10.4. The van der Waals surface area contributed by atoms with Crippen LogP contribution in [0.1, 0.15) is 11.0 Å². The van der Waals surface area contributed by atoms with Crippen molar-refractivity contribution in [3.05, 3.63) is 170 Å². The first kappa shape index (κ1) is 20.7. The number of hydrogen-bond donors (Lipinski definition) is 0. The molecule has 0 radical (unpaired) electrons. The van der Waals surface area contributed by atoms with E-state index in [4.69, 9.17) is 14.3 Å². The number of benzene rings is 9. The van der Waals surface area contributed by atoms with Gasteiger partial charge in [-0.1, -0.05) is 145 Å². The summed E-state index contributed by atoms with van der Waals surface area (Å²) < 4.78 is 85.5. The normalized spacial score (nSPS) is 14.2. The standard InChI is InChI=1S/C48H28O2/c1-2-11-33-30(10-1)24-27-41-35-26-25-32(28-44(35)50-47(33)41)29-20-22-31(23-21-29)45-36-13-3-5-15-38(36)46(39-16-6-4-14-37(39)45)42-18-9-17-40-34-12-7-8-19-43(34)49-48(40)42/h1-28H/i3D,4D,5D,6D,13D,14D,15D,16D. The Balaban J connectivity index is 1.20. The average molecular weight is 645 g/mol. The van der Waals surface area contributed by atoms with Crippen molar-refractivity contribution in [2.24, 2.45) is 0 Å². The minimum atomic E-state index is -0.453. The zero-order chi connectivity index (χ0) is 39.7. The first-order valence-electron chi connectivity index (χ1n) is 20.4. The van der Waals surface area contributed by atoms with Crippen molar-refractivity contribution >= 4 is 76.2 Å². The van der Waals surface area contributed by atoms with Crippen LogP contribution >= 0.6 is 0 Å². The van der Waals surface area contributed by atoms with E-state index in [1.165, 1.54) is 0 Å². The van der Waals surface area contributed by atoms with Crippen molar-refractivity contribution in [1.82, 2.24) is 0 Å². The molecule has 2 nitrogen and oxygen atoms in total. The van der Waals surface area contributed by atoms with E-state index >= 15 is 0 Å². The Kier molecular flexibility index (Phi) is 4.31. The predicted octanol–water partition coefficient (Wildman–Crippen LogP) is 13.9. The third-order valence-electron chi connectivity index (χ3n) is 9.92. The summed E-state index contributed by atoms with van der Waals surface area (Å²) in [6.45, 7) is 0. The van der Waals surface area contributed by atoms with E-state index in [1.54, 1.807) is 6.07 Å². The van der Waals surface area contributed by atoms with Crippen molar-refractivity contribution in [2.45, 2.75) is 0 Å². The minimum Gasteiger partial charge on any atom is -0.455 e. The van der Waals surface area contributed by atoms with E-state index in [-0.39, 0.29) is 56.8 Å². The van der Waals surface area contributed by atoms with Crippen molar-refractivity contribution in [2.75, 3.05) is 0 Å². The molecule has 0 aliphatic carbocycles. The van der Waals surface area contributed by atoms with Gasteiger partial charge in [0.05, 0.1) is 11.0 Å². The van der Waals surface area contributed by atoms with Crippen LogP contribution in [0.25, 0.3) is 110 Å². The second-order valence-electron chi connectivity index (χ2n) is 12.6. The Morgan fingerprint density at radius 2 is 0.920 bits per heavy atom. The lowest BCUT2D eigenvalue weighted by atomic mass is 9.85. The maximum absolute atomic E-state index is 9.36. The molecule has 2 aromatic heterocycles. The summed E-state index contributed by atoms with van der Waals surface area (Å²) in [5.41, 5.74) is 5.91. The number of rotatable bonds is 3. The van der Waals surface area contributed by atoms with Gasteiger partial charge in [0.2, 0.25) is 0 Å². The molecule has 0 atom stereocenters. The van der Waals surface area contributed by atoms with Crippen molar-refractivity contribution in [1.29, 1.82) is 0 Å². The van der Waals surface area contributed by atoms with E-state index in [9.17, 15) is 5.48 Å². The second-order valence-corrected chi connectivity index (χ2v) is 12.6. The minimum absolute atomic E-state index is 0.137. The van der Waals surface area contributed by atoms with Gasteiger partial charge in [0.15, 0.2) is 0 Å². The smallest absolute Gasteiger partial charge is 0.143 e. The molecule has 0 amide bonds. The van der Waals surface area contributed by atoms with E-state index in [1.807, 2.05) is 91.0 Å². The summed E-state index contributed by atoms with van der Waals surface area (Å²) in [5.74, 6) is 0. The summed E-state index contributed by atoms with van der Waals surface area (Å²) in [5, 5.41) is 6.36. The van der Waals surface area contributed by atoms with Crippen LogP contribution in [0, 0.1) is 0 Å². The molecule has 0 bridgehead atoms. The Morgan fingerprint density at radius 1 is 0.360 bits per heavy atom. The summed E-state index contributed by atoms with van der Waals surface area (Å²) in [4.78, 5) is 0. The van der Waals surface area contributed by atoms with Crippen LogP contribution in [-0.4, -0.2) is 0 Å². The Morgan fingerprint density at radius 3 is 1.70 bits per heavy atom. The Labute approximate surface area is 298 Å². The van der Waals surface area contributed by atoms with Gasteiger partial charge < -0.3 is 8.83 Å². The summed E-state index contributed by atoms with van der Waals surface area (Å²) in [6, 6.07) is 35.9. The zero-order valence-corrected chi connectivity index (χ0v) is 26.4. The molecule has 9 aromatic carbocycles. The lowest BCUT2D eigenvalue weighted by Crippen LogP contribution is -1.91. The lowest BCUT2D eigenvalue weighted by Gasteiger charge is -2.18. The van der Waals surface area contributed by atoms with Crippen LogP contribution in [0.15, 0.2) is 179 Å². The van der Waals surface area contributed by atoms with Crippen LogP contribution in [0.4, 0.5) is 0 Å². The molecular formula is C48H28O2. The zero-order valence-electron chi connectivity index (χ0n) is 34.4. The fourth-order valence-electron chi connectivity index (χ4n) is 7.64. The van der Waals surface area contributed by atoms with Crippen LogP contribution in [0.3, 0.4) is 0 Å². The fraction of sp³-hybridized carbons (Fsp3) is 0. The molecular weight excluding hydrogens is 609 g/mol. The highest BCUT2D eigenvalue weighted by molar-refractivity contribution is 6.24. The summed E-state index contributed by atoms with van der Waals surface area (Å²) >= 11 is 0. The molecule has 11 aromatic rings. The highest BCUT2D eigenvalue weighted by Gasteiger charge is 2.20. The number of furan rings is 2. The monoisotopic (exact) mass is 644 g/mol. The van der Waals surface area contributed by atoms with Crippen molar-refractivity contribution < 1.29 is 19.8 Å². The van der Waals surface area contributed by atoms with Crippen LogP contribution < -0.4 is 0 Å². The topological polar surface area (TPSA) is 26.3 Å². The maximum Gasteiger partial charge on any atom is 0.143 e. The van der Waals surface area contributed by atoms with Crippen LogP contribution in [0.5, 0.6) is 0 Å².